The molecular formula is C19H22N6O. The quantitative estimate of drug-likeness (QED) is 0.613. The second-order valence-corrected chi connectivity index (χ2v) is 6.72. The van der Waals surface area contributed by atoms with Crippen LogP contribution in [0.5, 0.6) is 0 Å². The minimum atomic E-state index is -0.220. The Hall–Kier alpha value is -2.93. The highest BCUT2D eigenvalue weighted by Gasteiger charge is 2.42. The topological polar surface area (TPSA) is 99.9 Å². The van der Waals surface area contributed by atoms with Crippen LogP contribution in [0.4, 0.5) is 5.82 Å². The van der Waals surface area contributed by atoms with Crippen molar-refractivity contribution in [2.75, 3.05) is 5.32 Å². The average Bonchev–Trinajstić information content (AvgIpc) is 3.13. The standard InChI is InChI=1S/C19H22N6O/c1-11(25(12(2)26)16-10-15(16)20)22-19-14-8-9-21-18(14)23-17(24-19)13-6-4-3-5-7-13/h3-9,11,15-16H,10,20H2,1-2H3,(H2,21,22,23,24). The molecule has 0 bridgehead atoms. The summed E-state index contributed by atoms with van der Waals surface area (Å²) in [6.45, 7) is 3.53. The van der Waals surface area contributed by atoms with Crippen molar-refractivity contribution in [1.29, 1.82) is 0 Å². The number of fused-ring (bicyclic) bond motifs is 1. The summed E-state index contributed by atoms with van der Waals surface area (Å²) in [4.78, 5) is 26.4. The number of nitrogens with zero attached hydrogens (tertiary/aromatic N) is 3. The van der Waals surface area contributed by atoms with Crippen molar-refractivity contribution in [3.8, 4) is 11.4 Å². The number of H-pyrrole nitrogens is 1. The fourth-order valence-electron chi connectivity index (χ4n) is 3.35. The number of hydrogen-bond donors (Lipinski definition) is 3. The van der Waals surface area contributed by atoms with E-state index in [4.69, 9.17) is 10.7 Å². The molecule has 26 heavy (non-hydrogen) atoms. The average molecular weight is 350 g/mol. The lowest BCUT2D eigenvalue weighted by atomic mass is 10.2. The van der Waals surface area contributed by atoms with Crippen molar-refractivity contribution in [2.24, 2.45) is 5.73 Å². The molecule has 0 saturated heterocycles. The molecule has 2 aromatic heterocycles. The minimum absolute atomic E-state index is 0.00519. The summed E-state index contributed by atoms with van der Waals surface area (Å²) in [6, 6.07) is 11.9. The third-order valence-corrected chi connectivity index (χ3v) is 4.74. The lowest BCUT2D eigenvalue weighted by Gasteiger charge is -2.29. The SMILES string of the molecule is CC(=O)N(C(C)Nc1nc(-c2ccccc2)nc2[nH]ccc12)C1CC1N. The molecule has 1 aliphatic rings. The van der Waals surface area contributed by atoms with Crippen molar-refractivity contribution >= 4 is 22.8 Å². The lowest BCUT2D eigenvalue weighted by Crippen LogP contribution is -2.45. The molecule has 7 heteroatoms. The van der Waals surface area contributed by atoms with Crippen LogP contribution in [0.3, 0.4) is 0 Å². The number of aromatic nitrogens is 3. The van der Waals surface area contributed by atoms with Crippen LogP contribution < -0.4 is 11.1 Å². The van der Waals surface area contributed by atoms with Crippen LogP contribution in [-0.2, 0) is 4.79 Å². The fourth-order valence-corrected chi connectivity index (χ4v) is 3.35. The van der Waals surface area contributed by atoms with E-state index in [-0.39, 0.29) is 24.2 Å². The molecule has 1 amide bonds. The van der Waals surface area contributed by atoms with E-state index >= 15 is 0 Å². The van der Waals surface area contributed by atoms with Gasteiger partial charge in [0.2, 0.25) is 5.91 Å². The second-order valence-electron chi connectivity index (χ2n) is 6.72. The molecule has 0 aliphatic heterocycles. The molecule has 2 heterocycles. The molecule has 1 fully saturated rings. The number of carbonyl (C=O) groups excluding carboxylic acids is 1. The number of benzene rings is 1. The van der Waals surface area contributed by atoms with Gasteiger partial charge in [-0.25, -0.2) is 9.97 Å². The van der Waals surface area contributed by atoms with E-state index in [1.165, 1.54) is 0 Å². The van der Waals surface area contributed by atoms with Crippen LogP contribution in [0.2, 0.25) is 0 Å². The number of carbonyl (C=O) groups is 1. The van der Waals surface area contributed by atoms with Gasteiger partial charge in [0.1, 0.15) is 17.6 Å². The smallest absolute Gasteiger partial charge is 0.221 e. The molecule has 3 unspecified atom stereocenters. The molecule has 0 spiro atoms. The summed E-state index contributed by atoms with van der Waals surface area (Å²) in [6.07, 6.45) is 2.45. The summed E-state index contributed by atoms with van der Waals surface area (Å²) >= 11 is 0. The van der Waals surface area contributed by atoms with Crippen molar-refractivity contribution in [3.63, 3.8) is 0 Å². The molecule has 134 valence electrons. The second kappa shape index (κ2) is 6.42. The monoisotopic (exact) mass is 350 g/mol. The fraction of sp³-hybridized carbons (Fsp3) is 0.316. The zero-order valence-electron chi connectivity index (χ0n) is 14.8. The molecule has 3 atom stereocenters. The lowest BCUT2D eigenvalue weighted by molar-refractivity contribution is -0.131. The van der Waals surface area contributed by atoms with Crippen LogP contribution in [0, 0.1) is 0 Å². The Morgan fingerprint density at radius 1 is 1.31 bits per heavy atom. The summed E-state index contributed by atoms with van der Waals surface area (Å²) in [5.41, 5.74) is 7.65. The van der Waals surface area contributed by atoms with E-state index in [2.05, 4.69) is 15.3 Å². The Kier molecular flexibility index (Phi) is 4.08. The van der Waals surface area contributed by atoms with Crippen LogP contribution in [0.15, 0.2) is 42.6 Å². The predicted octanol–water partition coefficient (Wildman–Crippen LogP) is 2.33. The van der Waals surface area contributed by atoms with Crippen LogP contribution in [-0.4, -0.2) is 44.0 Å². The highest BCUT2D eigenvalue weighted by molar-refractivity contribution is 5.89. The van der Waals surface area contributed by atoms with E-state index in [1.54, 1.807) is 11.8 Å². The summed E-state index contributed by atoms with van der Waals surface area (Å²) < 4.78 is 0. The molecule has 1 saturated carbocycles. The van der Waals surface area contributed by atoms with Crippen molar-refractivity contribution in [1.82, 2.24) is 19.9 Å². The summed E-state index contributed by atoms with van der Waals surface area (Å²) in [5.74, 6) is 1.33. The van der Waals surface area contributed by atoms with Gasteiger partial charge < -0.3 is 20.9 Å². The maximum absolute atomic E-state index is 12.1. The Bertz CT molecular complexity index is 938. The maximum atomic E-state index is 12.1. The Morgan fingerprint density at radius 2 is 2.04 bits per heavy atom. The van der Waals surface area contributed by atoms with Gasteiger partial charge in [-0.3, -0.25) is 4.79 Å². The first-order valence-electron chi connectivity index (χ1n) is 8.76. The van der Waals surface area contributed by atoms with Crippen molar-refractivity contribution in [3.05, 3.63) is 42.6 Å². The normalized spacial score (nSPS) is 20.0. The zero-order valence-corrected chi connectivity index (χ0v) is 14.8. The third kappa shape index (κ3) is 3.01. The van der Waals surface area contributed by atoms with E-state index in [0.717, 1.165) is 23.0 Å². The number of rotatable bonds is 5. The zero-order chi connectivity index (χ0) is 18.3. The first kappa shape index (κ1) is 16.5. The van der Waals surface area contributed by atoms with E-state index < -0.39 is 0 Å². The Labute approximate surface area is 151 Å². The van der Waals surface area contributed by atoms with Gasteiger partial charge in [-0.15, -0.1) is 0 Å². The van der Waals surface area contributed by atoms with Crippen LogP contribution >= 0.6 is 0 Å². The minimum Gasteiger partial charge on any atom is -0.349 e. The Morgan fingerprint density at radius 3 is 2.69 bits per heavy atom. The number of anilines is 1. The summed E-state index contributed by atoms with van der Waals surface area (Å²) in [5, 5.41) is 4.27. The van der Waals surface area contributed by atoms with Gasteiger partial charge in [-0.05, 0) is 19.4 Å². The van der Waals surface area contributed by atoms with Gasteiger partial charge in [0, 0.05) is 24.7 Å². The molecule has 1 aliphatic carbocycles. The van der Waals surface area contributed by atoms with Gasteiger partial charge in [-0.1, -0.05) is 30.3 Å². The molecular weight excluding hydrogens is 328 g/mol. The molecule has 4 N–H and O–H groups in total. The maximum Gasteiger partial charge on any atom is 0.221 e. The number of hydrogen-bond acceptors (Lipinski definition) is 5. The van der Waals surface area contributed by atoms with Gasteiger partial charge in [-0.2, -0.15) is 0 Å². The van der Waals surface area contributed by atoms with Gasteiger partial charge in [0.15, 0.2) is 5.82 Å². The third-order valence-electron chi connectivity index (χ3n) is 4.74. The molecule has 0 radical (unpaired) electrons. The number of amides is 1. The van der Waals surface area contributed by atoms with Gasteiger partial charge >= 0.3 is 0 Å². The predicted molar refractivity (Wildman–Crippen MR) is 101 cm³/mol. The first-order chi connectivity index (χ1) is 12.5. The largest absolute Gasteiger partial charge is 0.349 e. The molecule has 7 nitrogen and oxygen atoms in total. The van der Waals surface area contributed by atoms with Gasteiger partial charge in [0.05, 0.1) is 11.4 Å². The first-order valence-corrected chi connectivity index (χ1v) is 8.76. The van der Waals surface area contributed by atoms with Crippen LogP contribution in [0.1, 0.15) is 20.3 Å². The summed E-state index contributed by atoms with van der Waals surface area (Å²) in [7, 11) is 0. The molecule has 1 aromatic carbocycles. The molecule has 3 aromatic rings. The highest BCUT2D eigenvalue weighted by atomic mass is 16.2. The molecule has 4 rings (SSSR count). The van der Waals surface area contributed by atoms with E-state index in [0.29, 0.717) is 11.6 Å². The number of nitrogens with two attached hydrogens (primary N) is 1. The van der Waals surface area contributed by atoms with Crippen LogP contribution in [0.25, 0.3) is 22.4 Å². The van der Waals surface area contributed by atoms with E-state index in [1.807, 2.05) is 49.5 Å². The van der Waals surface area contributed by atoms with E-state index in [9.17, 15) is 4.79 Å². The Balaban J connectivity index is 1.69. The van der Waals surface area contributed by atoms with Crippen molar-refractivity contribution < 1.29 is 4.79 Å². The number of nitrogens with one attached hydrogen (secondary N) is 2. The highest BCUT2D eigenvalue weighted by Crippen LogP contribution is 2.30. The number of aromatic amines is 1. The van der Waals surface area contributed by atoms with Crippen molar-refractivity contribution in [2.45, 2.75) is 38.5 Å². The van der Waals surface area contributed by atoms with Gasteiger partial charge in [0.25, 0.3) is 0 Å².